The summed E-state index contributed by atoms with van der Waals surface area (Å²) in [5, 5.41) is 23.5. The fraction of sp³-hybridized carbons (Fsp3) is 0.782. The summed E-state index contributed by atoms with van der Waals surface area (Å²) in [6.07, 6.45) is 35.0. The Hall–Kier alpha value is -4.41. The van der Waals surface area contributed by atoms with Gasteiger partial charge in [-0.15, -0.1) is 0 Å². The van der Waals surface area contributed by atoms with Gasteiger partial charge >= 0.3 is 18.0 Å². The molecule has 0 radical (unpaired) electrons. The van der Waals surface area contributed by atoms with Gasteiger partial charge in [-0.3, -0.25) is 29.0 Å². The predicted octanol–water partition coefficient (Wildman–Crippen LogP) is 21.0. The van der Waals surface area contributed by atoms with E-state index in [1.807, 2.05) is 107 Å². The minimum Gasteiger partial charge on any atom is -0.507 e. The van der Waals surface area contributed by atoms with E-state index in [0.29, 0.717) is 12.8 Å². The van der Waals surface area contributed by atoms with Crippen molar-refractivity contribution in [2.45, 2.75) is 376 Å². The highest BCUT2D eigenvalue weighted by molar-refractivity contribution is 6.19. The molecule has 89 heavy (non-hydrogen) atoms. The number of urea groups is 1. The van der Waals surface area contributed by atoms with E-state index < -0.39 is 69.1 Å². The van der Waals surface area contributed by atoms with Gasteiger partial charge in [-0.05, 0) is 80.7 Å². The zero-order valence-electron chi connectivity index (χ0n) is 60.0. The maximum atomic E-state index is 15.4. The first-order chi connectivity index (χ1) is 42.0. The number of esters is 2. The first-order valence-electron chi connectivity index (χ1n) is 36.3. The van der Waals surface area contributed by atoms with Crippen LogP contribution in [0.25, 0.3) is 0 Å². The first kappa shape index (κ1) is 78.8. The minimum absolute atomic E-state index is 0.110. The number of nitrogens with zero attached hydrogens (tertiary/aromatic N) is 2. The number of barbiturate groups is 1. The number of imide groups is 2. The molecule has 2 N–H and O–H groups in total. The number of hydrogen-bond donors (Lipinski definition) is 2. The summed E-state index contributed by atoms with van der Waals surface area (Å²) in [5.74, 6) is -1.70. The van der Waals surface area contributed by atoms with E-state index in [0.717, 1.165) is 81.7 Å². The average Bonchev–Trinajstić information content (AvgIpc) is 3.60. The fourth-order valence-corrected chi connectivity index (χ4v) is 13.0. The van der Waals surface area contributed by atoms with E-state index in [-0.39, 0.29) is 63.1 Å². The fourth-order valence-electron chi connectivity index (χ4n) is 13.0. The van der Waals surface area contributed by atoms with Gasteiger partial charge < -0.3 is 19.7 Å². The van der Waals surface area contributed by atoms with Crippen LogP contribution >= 0.6 is 0 Å². The summed E-state index contributed by atoms with van der Waals surface area (Å²) in [7, 11) is 0. The lowest BCUT2D eigenvalue weighted by Crippen LogP contribution is -2.67. The number of unbranched alkanes of at least 4 members (excludes halogenated alkanes) is 28. The van der Waals surface area contributed by atoms with E-state index in [1.54, 1.807) is 13.8 Å². The summed E-state index contributed by atoms with van der Waals surface area (Å²) in [6, 6.07) is 6.91. The van der Waals surface area contributed by atoms with E-state index in [9.17, 15) is 19.8 Å². The molecule has 0 saturated carbocycles. The van der Waals surface area contributed by atoms with Gasteiger partial charge in [0.25, 0.3) is 0 Å². The lowest BCUT2D eigenvalue weighted by molar-refractivity contribution is -0.166. The third-order valence-corrected chi connectivity index (χ3v) is 18.8. The second-order valence-electron chi connectivity index (χ2n) is 31.0. The molecule has 1 aliphatic rings. The van der Waals surface area contributed by atoms with Crippen molar-refractivity contribution >= 4 is 29.8 Å². The van der Waals surface area contributed by atoms with Gasteiger partial charge in [-0.1, -0.05) is 315 Å². The quantitative estimate of drug-likeness (QED) is 0.0375. The second-order valence-corrected chi connectivity index (χ2v) is 31.0. The van der Waals surface area contributed by atoms with Crippen molar-refractivity contribution in [3.05, 3.63) is 57.6 Å². The maximum absolute atomic E-state index is 15.4. The van der Waals surface area contributed by atoms with Crippen LogP contribution in [-0.2, 0) is 63.2 Å². The van der Waals surface area contributed by atoms with Crippen LogP contribution in [0.5, 0.6) is 11.5 Å². The second kappa shape index (κ2) is 39.2. The highest BCUT2D eigenvalue weighted by Gasteiger charge is 2.56. The molecule has 508 valence electrons. The normalized spacial score (nSPS) is 14.9. The molecule has 1 aliphatic heterocycles. The van der Waals surface area contributed by atoms with Crippen LogP contribution in [0.3, 0.4) is 0 Å². The number of phenolic OH excluding ortho intramolecular Hbond substituents is 2. The topological polar surface area (TPSA) is 151 Å². The molecular weight excluding hydrogens is 1110 g/mol. The Bertz CT molecular complexity index is 2200. The Morgan fingerprint density at radius 1 is 0.393 bits per heavy atom. The Morgan fingerprint density at radius 2 is 0.618 bits per heavy atom. The molecule has 0 bridgehead atoms. The lowest BCUT2D eigenvalue weighted by Gasteiger charge is -2.44. The van der Waals surface area contributed by atoms with E-state index in [1.165, 1.54) is 141 Å². The van der Waals surface area contributed by atoms with E-state index in [4.69, 9.17) is 9.47 Å². The number of hydrogen-bond acceptors (Lipinski definition) is 9. The Labute approximate surface area is 544 Å². The number of ether oxygens (including phenoxy) is 2. The number of amides is 4. The summed E-state index contributed by atoms with van der Waals surface area (Å²) in [6.45, 7) is 32.0. The van der Waals surface area contributed by atoms with Crippen molar-refractivity contribution in [2.24, 2.45) is 5.41 Å². The summed E-state index contributed by atoms with van der Waals surface area (Å²) in [4.78, 5) is 76.1. The number of rotatable bonds is 44. The predicted molar refractivity (Wildman–Crippen MR) is 369 cm³/mol. The molecule has 1 fully saturated rings. The summed E-state index contributed by atoms with van der Waals surface area (Å²) >= 11 is 0. The smallest absolute Gasteiger partial charge is 0.333 e. The standard InChI is InChI=1S/C78H132N2O9/c1-17-21-23-25-27-29-31-33-35-37-39-41-43-45-47-49-67(81)88-61(51-59-53-63(74(5,6)7)69(83)64(54-59)75(8,9)10)57-79-71(85)78(19-3,20-4)72(86)80(73(79)87)58-62(52-60-55-65(76(11,12)13)70(84)66(56-60)77(14,15)16)89-68(82)50-48-46-44-42-40-38-36-34-32-30-28-26-24-22-18-2/h53-56,61-62,83-84H,17-52,57-58H2,1-16H3. The number of aromatic hydroxyl groups is 2. The Kier molecular flexibility index (Phi) is 34.7. The highest BCUT2D eigenvalue weighted by Crippen LogP contribution is 2.43. The van der Waals surface area contributed by atoms with Gasteiger partial charge in [-0.25, -0.2) is 4.79 Å². The third-order valence-electron chi connectivity index (χ3n) is 18.8. The zero-order valence-corrected chi connectivity index (χ0v) is 60.0. The van der Waals surface area contributed by atoms with Crippen LogP contribution in [0.4, 0.5) is 4.79 Å². The van der Waals surface area contributed by atoms with Crippen LogP contribution in [0, 0.1) is 5.41 Å². The number of benzene rings is 2. The molecule has 1 heterocycles. The van der Waals surface area contributed by atoms with Gasteiger partial charge in [0, 0.05) is 25.7 Å². The number of carbonyl (C=O) groups is 5. The molecule has 0 aromatic heterocycles. The molecule has 4 amide bonds. The van der Waals surface area contributed by atoms with Crippen LogP contribution in [0.2, 0.25) is 0 Å². The van der Waals surface area contributed by atoms with Crippen molar-refractivity contribution in [3.8, 4) is 11.5 Å². The largest absolute Gasteiger partial charge is 0.507 e. The van der Waals surface area contributed by atoms with E-state index >= 15 is 14.4 Å². The van der Waals surface area contributed by atoms with Crippen LogP contribution in [0.1, 0.15) is 362 Å². The van der Waals surface area contributed by atoms with Gasteiger partial charge in [-0.2, -0.15) is 0 Å². The molecule has 2 atom stereocenters. The van der Waals surface area contributed by atoms with Crippen molar-refractivity contribution < 1.29 is 43.7 Å². The average molecular weight is 1240 g/mol. The zero-order chi connectivity index (χ0) is 66.4. The van der Waals surface area contributed by atoms with Crippen molar-refractivity contribution in [1.82, 2.24) is 9.80 Å². The van der Waals surface area contributed by atoms with Crippen LogP contribution < -0.4 is 0 Å². The molecule has 2 aromatic rings. The third kappa shape index (κ3) is 27.0. The number of phenols is 2. The molecule has 2 unspecified atom stereocenters. The molecule has 0 aliphatic carbocycles. The molecule has 2 aromatic carbocycles. The first-order valence-corrected chi connectivity index (χ1v) is 36.3. The summed E-state index contributed by atoms with van der Waals surface area (Å²) < 4.78 is 12.8. The Morgan fingerprint density at radius 3 is 0.831 bits per heavy atom. The molecule has 11 nitrogen and oxygen atoms in total. The van der Waals surface area contributed by atoms with Gasteiger partial charge in [0.1, 0.15) is 29.1 Å². The van der Waals surface area contributed by atoms with Crippen molar-refractivity contribution in [1.29, 1.82) is 0 Å². The van der Waals surface area contributed by atoms with Crippen LogP contribution in [-0.4, -0.2) is 75.1 Å². The highest BCUT2D eigenvalue weighted by atomic mass is 16.5. The van der Waals surface area contributed by atoms with Crippen molar-refractivity contribution in [3.63, 3.8) is 0 Å². The SMILES string of the molecule is CCCCCCCCCCCCCCCCCC(=O)OC(Cc1cc(C(C)(C)C)c(O)c(C(C)(C)C)c1)CN1C(=O)N(CC(Cc2cc(C(C)(C)C)c(O)c(C(C)(C)C)c2)OC(=O)CCCCCCCCCCCCCCCCC)C(=O)C(CC)(CC)C1=O. The molecular formula is C78H132N2O9. The van der Waals surface area contributed by atoms with Crippen molar-refractivity contribution in [2.75, 3.05) is 13.1 Å². The van der Waals surface area contributed by atoms with Crippen LogP contribution in [0.15, 0.2) is 24.3 Å². The molecule has 3 rings (SSSR count). The minimum atomic E-state index is -1.62. The molecule has 1 saturated heterocycles. The monoisotopic (exact) mass is 1240 g/mol. The maximum Gasteiger partial charge on any atom is 0.333 e. The lowest BCUT2D eigenvalue weighted by atomic mass is 9.77. The van der Waals surface area contributed by atoms with Gasteiger partial charge in [0.05, 0.1) is 13.1 Å². The Balaban J connectivity index is 1.94. The molecule has 0 spiro atoms. The van der Waals surface area contributed by atoms with Gasteiger partial charge in [0.2, 0.25) is 11.8 Å². The summed E-state index contributed by atoms with van der Waals surface area (Å²) in [5.41, 5.74) is 1.09. The number of carbonyl (C=O) groups excluding carboxylic acids is 5. The van der Waals surface area contributed by atoms with E-state index in [2.05, 4.69) is 13.8 Å². The molecule has 11 heteroatoms. The van der Waals surface area contributed by atoms with Gasteiger partial charge in [0.15, 0.2) is 0 Å².